The monoisotopic (exact) mass is 307 g/mol. The lowest BCUT2D eigenvalue weighted by Gasteiger charge is -2.57. The van der Waals surface area contributed by atoms with Gasteiger partial charge in [0.25, 0.3) is 0 Å². The van der Waals surface area contributed by atoms with Crippen molar-refractivity contribution in [2.45, 2.75) is 44.4 Å². The third-order valence-corrected chi connectivity index (χ3v) is 6.35. The fraction of sp³-hybridized carbons (Fsp3) is 1.00. The lowest BCUT2D eigenvalue weighted by atomic mass is 9.95. The minimum atomic E-state index is 0.337. The summed E-state index contributed by atoms with van der Waals surface area (Å²) in [7, 11) is 0. The first-order valence-electron chi connectivity index (χ1n) is 9.18. The number of hydrogen-bond donors (Lipinski definition) is 1. The second kappa shape index (κ2) is 5.71. The van der Waals surface area contributed by atoms with Crippen molar-refractivity contribution in [2.24, 2.45) is 0 Å². The van der Waals surface area contributed by atoms with Crippen molar-refractivity contribution >= 4 is 0 Å². The SMILES string of the molecule is CC(C)(C)N1CCN(C2CN(C3CN(C4CNC4)C3)C2)CC1. The van der Waals surface area contributed by atoms with E-state index in [1.165, 1.54) is 65.4 Å². The predicted octanol–water partition coefficient (Wildman–Crippen LogP) is -0.257. The fourth-order valence-electron chi connectivity index (χ4n) is 4.32. The Morgan fingerprint density at radius 3 is 1.64 bits per heavy atom. The van der Waals surface area contributed by atoms with Crippen molar-refractivity contribution in [1.29, 1.82) is 0 Å². The first-order chi connectivity index (χ1) is 10.5. The summed E-state index contributed by atoms with van der Waals surface area (Å²) < 4.78 is 0. The second-order valence-electron chi connectivity index (χ2n) is 8.72. The summed E-state index contributed by atoms with van der Waals surface area (Å²) in [4.78, 5) is 10.8. The molecule has 5 nitrogen and oxygen atoms in total. The van der Waals surface area contributed by atoms with E-state index < -0.39 is 0 Å². The zero-order valence-corrected chi connectivity index (χ0v) is 14.6. The average molecular weight is 307 g/mol. The Kier molecular flexibility index (Phi) is 3.98. The topological polar surface area (TPSA) is 25.0 Å². The molecule has 4 saturated heterocycles. The fourth-order valence-corrected chi connectivity index (χ4v) is 4.32. The highest BCUT2D eigenvalue weighted by Gasteiger charge is 2.44. The molecule has 126 valence electrons. The van der Waals surface area contributed by atoms with Gasteiger partial charge in [0.15, 0.2) is 0 Å². The van der Waals surface area contributed by atoms with Gasteiger partial charge >= 0.3 is 0 Å². The van der Waals surface area contributed by atoms with Crippen LogP contribution >= 0.6 is 0 Å². The maximum atomic E-state index is 3.38. The molecule has 0 spiro atoms. The molecule has 0 bridgehead atoms. The van der Waals surface area contributed by atoms with Crippen LogP contribution < -0.4 is 5.32 Å². The summed E-state index contributed by atoms with van der Waals surface area (Å²) in [5.74, 6) is 0. The summed E-state index contributed by atoms with van der Waals surface area (Å²) >= 11 is 0. The van der Waals surface area contributed by atoms with E-state index >= 15 is 0 Å². The van der Waals surface area contributed by atoms with E-state index in [9.17, 15) is 0 Å². The number of nitrogens with zero attached hydrogens (tertiary/aromatic N) is 4. The molecule has 5 heteroatoms. The zero-order valence-electron chi connectivity index (χ0n) is 14.6. The molecular formula is C17H33N5. The zero-order chi connectivity index (χ0) is 15.3. The largest absolute Gasteiger partial charge is 0.314 e. The van der Waals surface area contributed by atoms with Crippen molar-refractivity contribution in [3.63, 3.8) is 0 Å². The first-order valence-corrected chi connectivity index (χ1v) is 9.18. The summed E-state index contributed by atoms with van der Waals surface area (Å²) in [5.41, 5.74) is 0.337. The molecule has 0 unspecified atom stereocenters. The molecule has 0 aromatic heterocycles. The molecule has 4 fully saturated rings. The lowest BCUT2D eigenvalue weighted by molar-refractivity contribution is -0.0795. The van der Waals surface area contributed by atoms with Crippen LogP contribution in [0.25, 0.3) is 0 Å². The van der Waals surface area contributed by atoms with Crippen LogP contribution in [0.2, 0.25) is 0 Å². The Bertz CT molecular complexity index is 382. The quantitative estimate of drug-likeness (QED) is 0.775. The smallest absolute Gasteiger partial charge is 0.0352 e. The Labute approximate surface area is 135 Å². The number of likely N-dealkylation sites (tertiary alicyclic amines) is 2. The molecule has 4 aliphatic rings. The van der Waals surface area contributed by atoms with E-state index in [-0.39, 0.29) is 0 Å². The van der Waals surface area contributed by atoms with Gasteiger partial charge in [-0.05, 0) is 20.8 Å². The molecule has 0 radical (unpaired) electrons. The number of nitrogens with one attached hydrogen (secondary N) is 1. The van der Waals surface area contributed by atoms with E-state index in [0.29, 0.717) is 5.54 Å². The summed E-state index contributed by atoms with van der Waals surface area (Å²) in [5, 5.41) is 3.38. The van der Waals surface area contributed by atoms with Crippen LogP contribution in [0, 0.1) is 0 Å². The number of rotatable bonds is 3. The Balaban J connectivity index is 1.16. The molecule has 0 aromatic carbocycles. The maximum absolute atomic E-state index is 3.38. The van der Waals surface area contributed by atoms with Gasteiger partial charge in [-0.1, -0.05) is 0 Å². The van der Waals surface area contributed by atoms with Crippen LogP contribution in [0.3, 0.4) is 0 Å². The van der Waals surface area contributed by atoms with Crippen LogP contribution in [0.1, 0.15) is 20.8 Å². The first kappa shape index (κ1) is 15.3. The normalized spacial score (nSPS) is 31.8. The van der Waals surface area contributed by atoms with Crippen LogP contribution in [0.5, 0.6) is 0 Å². The molecule has 4 rings (SSSR count). The van der Waals surface area contributed by atoms with Gasteiger partial charge in [-0.3, -0.25) is 19.6 Å². The van der Waals surface area contributed by atoms with E-state index in [1.807, 2.05) is 0 Å². The molecule has 22 heavy (non-hydrogen) atoms. The predicted molar refractivity (Wildman–Crippen MR) is 90.3 cm³/mol. The van der Waals surface area contributed by atoms with Crippen molar-refractivity contribution in [1.82, 2.24) is 24.9 Å². The summed E-state index contributed by atoms with van der Waals surface area (Å²) in [6.45, 7) is 19.7. The van der Waals surface area contributed by atoms with Gasteiger partial charge in [-0.15, -0.1) is 0 Å². The van der Waals surface area contributed by atoms with Crippen LogP contribution in [-0.2, 0) is 0 Å². The van der Waals surface area contributed by atoms with Gasteiger partial charge in [0.05, 0.1) is 0 Å². The summed E-state index contributed by atoms with van der Waals surface area (Å²) in [6, 6.07) is 2.54. The van der Waals surface area contributed by atoms with Crippen molar-refractivity contribution in [3.8, 4) is 0 Å². The van der Waals surface area contributed by atoms with Crippen molar-refractivity contribution < 1.29 is 0 Å². The third kappa shape index (κ3) is 2.82. The Hall–Kier alpha value is -0.200. The minimum absolute atomic E-state index is 0.337. The molecule has 1 N–H and O–H groups in total. The highest BCUT2D eigenvalue weighted by molar-refractivity contribution is 5.02. The molecule has 0 atom stereocenters. The van der Waals surface area contributed by atoms with Crippen LogP contribution in [0.4, 0.5) is 0 Å². The van der Waals surface area contributed by atoms with Crippen molar-refractivity contribution in [3.05, 3.63) is 0 Å². The van der Waals surface area contributed by atoms with Crippen LogP contribution in [-0.4, -0.2) is 109 Å². The number of piperazine rings is 1. The number of hydrogen-bond acceptors (Lipinski definition) is 5. The van der Waals surface area contributed by atoms with Gasteiger partial charge in [-0.25, -0.2) is 0 Å². The Morgan fingerprint density at radius 2 is 1.18 bits per heavy atom. The molecular weight excluding hydrogens is 274 g/mol. The highest BCUT2D eigenvalue weighted by atomic mass is 15.4. The van der Waals surface area contributed by atoms with E-state index in [0.717, 1.165) is 18.1 Å². The van der Waals surface area contributed by atoms with Gasteiger partial charge in [0.1, 0.15) is 0 Å². The van der Waals surface area contributed by atoms with Gasteiger partial charge in [-0.2, -0.15) is 0 Å². The maximum Gasteiger partial charge on any atom is 0.0352 e. The van der Waals surface area contributed by atoms with Crippen molar-refractivity contribution in [2.75, 3.05) is 65.4 Å². The lowest BCUT2D eigenvalue weighted by Crippen LogP contribution is -2.74. The molecule has 0 aromatic rings. The van der Waals surface area contributed by atoms with E-state index in [1.54, 1.807) is 0 Å². The Morgan fingerprint density at radius 1 is 0.682 bits per heavy atom. The van der Waals surface area contributed by atoms with Gasteiger partial charge in [0, 0.05) is 89.1 Å². The molecule has 0 aliphatic carbocycles. The standard InChI is InChI=1S/C17H33N5/c1-17(2,3)22-6-4-19(5-7-22)15-10-21(11-15)16-12-20(13-16)14-8-18-9-14/h14-16,18H,4-13H2,1-3H3. The molecule has 0 amide bonds. The van der Waals surface area contributed by atoms with E-state index in [4.69, 9.17) is 0 Å². The second-order valence-corrected chi connectivity index (χ2v) is 8.72. The highest BCUT2D eigenvalue weighted by Crippen LogP contribution is 2.27. The molecule has 0 saturated carbocycles. The molecule has 4 aliphatic heterocycles. The summed E-state index contributed by atoms with van der Waals surface area (Å²) in [6.07, 6.45) is 0. The van der Waals surface area contributed by atoms with Gasteiger partial charge < -0.3 is 5.32 Å². The average Bonchev–Trinajstić information content (AvgIpc) is 2.31. The van der Waals surface area contributed by atoms with Crippen LogP contribution in [0.15, 0.2) is 0 Å². The third-order valence-electron chi connectivity index (χ3n) is 6.35. The van der Waals surface area contributed by atoms with Gasteiger partial charge in [0.2, 0.25) is 0 Å². The minimum Gasteiger partial charge on any atom is -0.314 e. The van der Waals surface area contributed by atoms with E-state index in [2.05, 4.69) is 45.7 Å². The molecule has 4 heterocycles.